The zero-order chi connectivity index (χ0) is 25.1. The van der Waals surface area contributed by atoms with Gasteiger partial charge < -0.3 is 19.9 Å². The first-order valence-corrected chi connectivity index (χ1v) is 11.9. The molecule has 2 aromatic heterocycles. The number of ether oxygens (including phenoxy) is 1. The van der Waals surface area contributed by atoms with Crippen molar-refractivity contribution in [3.05, 3.63) is 64.9 Å². The second-order valence-electron chi connectivity index (χ2n) is 9.39. The monoisotopic (exact) mass is 481 g/mol. The highest BCUT2D eigenvalue weighted by molar-refractivity contribution is 5.94. The Balaban J connectivity index is 1.35. The molecule has 1 N–H and O–H groups in total. The number of imidazole rings is 1. The molecular weight excluding hydrogens is 449 g/mol. The number of nitrogens with zero attached hydrogens (tertiary/aromatic N) is 4. The van der Waals surface area contributed by atoms with Crippen LogP contribution in [0.25, 0.3) is 5.65 Å². The summed E-state index contributed by atoms with van der Waals surface area (Å²) in [5, 5.41) is 2.88. The molecule has 0 saturated carbocycles. The fourth-order valence-corrected chi connectivity index (χ4v) is 4.18. The van der Waals surface area contributed by atoms with Crippen molar-refractivity contribution in [2.45, 2.75) is 34.2 Å². The predicted molar refractivity (Wildman–Crippen MR) is 132 cm³/mol. The van der Waals surface area contributed by atoms with Crippen LogP contribution in [0, 0.1) is 25.6 Å². The second-order valence-corrected chi connectivity index (χ2v) is 9.39. The zero-order valence-corrected chi connectivity index (χ0v) is 20.7. The number of rotatable bonds is 6. The normalized spacial score (nSPS) is 14.0. The molecule has 2 amide bonds. The van der Waals surface area contributed by atoms with Gasteiger partial charge in [-0.05, 0) is 55.2 Å². The molecular formula is C26H32FN5O3. The molecule has 1 fully saturated rings. The maximum absolute atomic E-state index is 14.9. The van der Waals surface area contributed by atoms with Gasteiger partial charge in [0.2, 0.25) is 0 Å². The first kappa shape index (κ1) is 24.5. The molecule has 9 heteroatoms. The average molecular weight is 482 g/mol. The number of anilines is 1. The Morgan fingerprint density at radius 1 is 1.11 bits per heavy atom. The molecule has 3 aromatic rings. The predicted octanol–water partition coefficient (Wildman–Crippen LogP) is 3.93. The number of hydrogen-bond donors (Lipinski definition) is 1. The molecule has 3 heterocycles. The van der Waals surface area contributed by atoms with Crippen LogP contribution in [-0.2, 0) is 11.3 Å². The van der Waals surface area contributed by atoms with Crippen LogP contribution in [0.2, 0.25) is 0 Å². The number of carbonyl (C=O) groups excluding carboxylic acids is 2. The Hall–Kier alpha value is -3.62. The van der Waals surface area contributed by atoms with Crippen LogP contribution in [-0.4, -0.2) is 59.1 Å². The van der Waals surface area contributed by atoms with E-state index in [1.54, 1.807) is 22.3 Å². The number of aromatic nitrogens is 2. The number of carbonyl (C=O) groups is 2. The number of fused-ring (bicyclic) bond motifs is 1. The van der Waals surface area contributed by atoms with Crippen LogP contribution in [0.3, 0.4) is 0 Å². The maximum Gasteiger partial charge on any atom is 0.409 e. The Labute approximate surface area is 204 Å². The molecule has 4 rings (SSSR count). The number of pyridine rings is 1. The summed E-state index contributed by atoms with van der Waals surface area (Å²) in [6.45, 7) is 10.4. The SMILES string of the molecule is Cc1ccn2c(C(=O)NCc3ccc(N4CCN(C(=O)OCC(C)C)CC4)c(F)c3)c(C)nc2c1. The maximum atomic E-state index is 14.9. The minimum Gasteiger partial charge on any atom is -0.449 e. The van der Waals surface area contributed by atoms with Gasteiger partial charge in [-0.3, -0.25) is 9.20 Å². The lowest BCUT2D eigenvalue weighted by Gasteiger charge is -2.35. The van der Waals surface area contributed by atoms with Crippen LogP contribution >= 0.6 is 0 Å². The van der Waals surface area contributed by atoms with Crippen molar-refractivity contribution in [1.29, 1.82) is 0 Å². The largest absolute Gasteiger partial charge is 0.449 e. The number of aryl methyl sites for hydroxylation is 2. The third kappa shape index (κ3) is 5.55. The second kappa shape index (κ2) is 10.3. The van der Waals surface area contributed by atoms with Gasteiger partial charge in [-0.25, -0.2) is 14.2 Å². The minimum absolute atomic E-state index is 0.198. The third-order valence-electron chi connectivity index (χ3n) is 6.05. The molecule has 186 valence electrons. The van der Waals surface area contributed by atoms with Crippen molar-refractivity contribution in [2.24, 2.45) is 5.92 Å². The van der Waals surface area contributed by atoms with E-state index in [1.165, 1.54) is 6.07 Å². The lowest BCUT2D eigenvalue weighted by Crippen LogP contribution is -2.49. The van der Waals surface area contributed by atoms with Gasteiger partial charge in [0.15, 0.2) is 0 Å². The van der Waals surface area contributed by atoms with E-state index in [2.05, 4.69) is 10.3 Å². The number of benzene rings is 1. The fraction of sp³-hybridized carbons (Fsp3) is 0.423. The van der Waals surface area contributed by atoms with E-state index in [0.29, 0.717) is 55.4 Å². The molecule has 1 aromatic carbocycles. The molecule has 35 heavy (non-hydrogen) atoms. The number of hydrogen-bond acceptors (Lipinski definition) is 5. The summed E-state index contributed by atoms with van der Waals surface area (Å²) in [5.74, 6) is -0.330. The standard InChI is InChI=1S/C26H32FN5O3/c1-17(2)16-35-26(34)31-11-9-30(10-12-31)22-6-5-20(14-21(22)27)15-28-25(33)24-19(4)29-23-13-18(3)7-8-32(23)24/h5-8,13-14,17H,9-12,15-16H2,1-4H3,(H,28,33). The van der Waals surface area contributed by atoms with E-state index < -0.39 is 0 Å². The Bertz CT molecular complexity index is 1230. The van der Waals surface area contributed by atoms with Gasteiger partial charge in [0, 0.05) is 38.9 Å². The molecule has 0 aliphatic carbocycles. The summed E-state index contributed by atoms with van der Waals surface area (Å²) in [7, 11) is 0. The molecule has 0 radical (unpaired) electrons. The highest BCUT2D eigenvalue weighted by atomic mass is 19.1. The van der Waals surface area contributed by atoms with Gasteiger partial charge in [0.05, 0.1) is 18.0 Å². The van der Waals surface area contributed by atoms with E-state index >= 15 is 0 Å². The summed E-state index contributed by atoms with van der Waals surface area (Å²) < 4.78 is 22.0. The van der Waals surface area contributed by atoms with Crippen molar-refractivity contribution in [3.63, 3.8) is 0 Å². The third-order valence-corrected chi connectivity index (χ3v) is 6.05. The van der Waals surface area contributed by atoms with Gasteiger partial charge in [-0.2, -0.15) is 0 Å². The van der Waals surface area contributed by atoms with E-state index in [4.69, 9.17) is 4.74 Å². The molecule has 1 saturated heterocycles. The van der Waals surface area contributed by atoms with Crippen molar-refractivity contribution in [1.82, 2.24) is 19.6 Å². The molecule has 0 unspecified atom stereocenters. The average Bonchev–Trinajstić information content (AvgIpc) is 3.16. The fourth-order valence-electron chi connectivity index (χ4n) is 4.18. The van der Waals surface area contributed by atoms with Crippen LogP contribution < -0.4 is 10.2 Å². The Morgan fingerprint density at radius 2 is 1.86 bits per heavy atom. The lowest BCUT2D eigenvalue weighted by atomic mass is 10.1. The van der Waals surface area contributed by atoms with E-state index in [-0.39, 0.29) is 30.3 Å². The smallest absolute Gasteiger partial charge is 0.409 e. The van der Waals surface area contributed by atoms with Crippen molar-refractivity contribution >= 4 is 23.3 Å². The molecule has 0 spiro atoms. The number of nitrogens with one attached hydrogen (secondary N) is 1. The highest BCUT2D eigenvalue weighted by Crippen LogP contribution is 2.22. The van der Waals surface area contributed by atoms with Gasteiger partial charge in [0.25, 0.3) is 5.91 Å². The van der Waals surface area contributed by atoms with Gasteiger partial charge in [-0.15, -0.1) is 0 Å². The van der Waals surface area contributed by atoms with Gasteiger partial charge in [-0.1, -0.05) is 19.9 Å². The van der Waals surface area contributed by atoms with Gasteiger partial charge in [0.1, 0.15) is 17.2 Å². The van der Waals surface area contributed by atoms with Crippen molar-refractivity contribution in [2.75, 3.05) is 37.7 Å². The van der Waals surface area contributed by atoms with E-state index in [1.807, 2.05) is 50.1 Å². The summed E-state index contributed by atoms with van der Waals surface area (Å²) in [6.07, 6.45) is 1.51. The topological polar surface area (TPSA) is 79.2 Å². The van der Waals surface area contributed by atoms with Crippen molar-refractivity contribution in [3.8, 4) is 0 Å². The molecule has 0 bridgehead atoms. The van der Waals surface area contributed by atoms with Crippen LogP contribution in [0.4, 0.5) is 14.9 Å². The van der Waals surface area contributed by atoms with E-state index in [9.17, 15) is 14.0 Å². The molecule has 1 aliphatic rings. The van der Waals surface area contributed by atoms with Crippen LogP contribution in [0.1, 0.15) is 41.2 Å². The Kier molecular flexibility index (Phi) is 7.23. The first-order valence-electron chi connectivity index (χ1n) is 11.9. The lowest BCUT2D eigenvalue weighted by molar-refractivity contribution is 0.0900. The van der Waals surface area contributed by atoms with Crippen molar-refractivity contribution < 1.29 is 18.7 Å². The van der Waals surface area contributed by atoms with E-state index in [0.717, 1.165) is 11.2 Å². The first-order chi connectivity index (χ1) is 16.7. The minimum atomic E-state index is -0.353. The number of halogens is 1. The molecule has 0 atom stereocenters. The summed E-state index contributed by atoms with van der Waals surface area (Å²) in [6, 6.07) is 8.84. The summed E-state index contributed by atoms with van der Waals surface area (Å²) in [5.41, 5.74) is 4.05. The zero-order valence-electron chi connectivity index (χ0n) is 20.7. The quantitative estimate of drug-likeness (QED) is 0.577. The highest BCUT2D eigenvalue weighted by Gasteiger charge is 2.24. The summed E-state index contributed by atoms with van der Waals surface area (Å²) in [4.78, 5) is 33.0. The van der Waals surface area contributed by atoms with Crippen LogP contribution in [0.5, 0.6) is 0 Å². The molecule has 1 aliphatic heterocycles. The summed E-state index contributed by atoms with van der Waals surface area (Å²) >= 11 is 0. The number of piperazine rings is 1. The number of amides is 2. The molecule has 8 nitrogen and oxygen atoms in total. The van der Waals surface area contributed by atoms with Gasteiger partial charge >= 0.3 is 6.09 Å². The van der Waals surface area contributed by atoms with Crippen LogP contribution in [0.15, 0.2) is 36.5 Å². The Morgan fingerprint density at radius 3 is 2.54 bits per heavy atom.